The molecule has 2 aliphatic rings. The van der Waals surface area contributed by atoms with Gasteiger partial charge in [0.1, 0.15) is 0 Å². The molecule has 4 atom stereocenters. The standard InChI is InChI=1S/C22H38O5/c1-15(2)9-5-7-13-25-21(23)17-11-12-18-20(27-18)19(17)22(24)26-14-8-6-10-16(3)4/h15-20H,5-14H2,1-4H3. The third-order valence-corrected chi connectivity index (χ3v) is 5.59. The van der Waals surface area contributed by atoms with Crippen LogP contribution in [-0.4, -0.2) is 37.4 Å². The number of carbonyl (C=O) groups excluding carboxylic acids is 2. The first kappa shape index (κ1) is 22.2. The van der Waals surface area contributed by atoms with E-state index in [2.05, 4.69) is 27.7 Å². The second kappa shape index (κ2) is 11.0. The molecule has 1 saturated heterocycles. The first-order chi connectivity index (χ1) is 12.9. The average molecular weight is 383 g/mol. The van der Waals surface area contributed by atoms with Crippen molar-refractivity contribution >= 4 is 11.9 Å². The molecule has 0 aromatic rings. The highest BCUT2D eigenvalue weighted by Gasteiger charge is 2.57. The Morgan fingerprint density at radius 3 is 1.96 bits per heavy atom. The molecule has 27 heavy (non-hydrogen) atoms. The molecular formula is C22H38O5. The number of ether oxygens (including phenoxy) is 3. The van der Waals surface area contributed by atoms with Crippen LogP contribution in [0.4, 0.5) is 0 Å². The Hall–Kier alpha value is -1.10. The molecule has 5 heteroatoms. The summed E-state index contributed by atoms with van der Waals surface area (Å²) in [7, 11) is 0. The molecule has 2 rings (SSSR count). The minimum absolute atomic E-state index is 0.124. The lowest BCUT2D eigenvalue weighted by atomic mass is 9.79. The third kappa shape index (κ3) is 7.44. The molecule has 0 N–H and O–H groups in total. The Morgan fingerprint density at radius 2 is 1.41 bits per heavy atom. The molecule has 5 nitrogen and oxygen atoms in total. The number of esters is 2. The number of epoxide rings is 1. The smallest absolute Gasteiger partial charge is 0.312 e. The second-order valence-electron chi connectivity index (χ2n) is 8.96. The van der Waals surface area contributed by atoms with Crippen molar-refractivity contribution in [1.82, 2.24) is 0 Å². The van der Waals surface area contributed by atoms with Crippen molar-refractivity contribution < 1.29 is 23.8 Å². The zero-order chi connectivity index (χ0) is 19.8. The third-order valence-electron chi connectivity index (χ3n) is 5.59. The number of carbonyl (C=O) groups is 2. The van der Waals surface area contributed by atoms with Crippen LogP contribution in [0.25, 0.3) is 0 Å². The van der Waals surface area contributed by atoms with Gasteiger partial charge in [-0.3, -0.25) is 9.59 Å². The maximum atomic E-state index is 12.6. The molecule has 0 bridgehead atoms. The highest BCUT2D eigenvalue weighted by atomic mass is 16.6. The van der Waals surface area contributed by atoms with Crippen molar-refractivity contribution in [2.75, 3.05) is 13.2 Å². The average Bonchev–Trinajstić information content (AvgIpc) is 3.38. The maximum Gasteiger partial charge on any atom is 0.312 e. The quantitative estimate of drug-likeness (QED) is 0.282. The Balaban J connectivity index is 1.74. The van der Waals surface area contributed by atoms with Gasteiger partial charge in [0.15, 0.2) is 0 Å². The number of hydrogen-bond donors (Lipinski definition) is 0. The summed E-state index contributed by atoms with van der Waals surface area (Å²) in [6, 6.07) is 0. The highest BCUT2D eigenvalue weighted by Crippen LogP contribution is 2.45. The number of rotatable bonds is 12. The molecule has 0 amide bonds. The predicted molar refractivity (Wildman–Crippen MR) is 104 cm³/mol. The zero-order valence-electron chi connectivity index (χ0n) is 17.6. The van der Waals surface area contributed by atoms with Gasteiger partial charge in [0.25, 0.3) is 0 Å². The second-order valence-corrected chi connectivity index (χ2v) is 8.96. The summed E-state index contributed by atoms with van der Waals surface area (Å²) in [5, 5.41) is 0. The SMILES string of the molecule is CC(C)CCCCOC(=O)C1CCC2OC2C1C(=O)OCCCCC(C)C. The Morgan fingerprint density at radius 1 is 0.852 bits per heavy atom. The molecule has 1 saturated carbocycles. The van der Waals surface area contributed by atoms with E-state index >= 15 is 0 Å². The van der Waals surface area contributed by atoms with Gasteiger partial charge >= 0.3 is 11.9 Å². The largest absolute Gasteiger partial charge is 0.465 e. The fraction of sp³-hybridized carbons (Fsp3) is 0.909. The van der Waals surface area contributed by atoms with Gasteiger partial charge in [-0.2, -0.15) is 0 Å². The monoisotopic (exact) mass is 382 g/mol. The van der Waals surface area contributed by atoms with Crippen LogP contribution in [0.2, 0.25) is 0 Å². The fourth-order valence-corrected chi connectivity index (χ4v) is 3.88. The summed E-state index contributed by atoms with van der Waals surface area (Å²) in [5.74, 6) is -0.107. The lowest BCUT2D eigenvalue weighted by molar-refractivity contribution is -0.162. The molecular weight excluding hydrogens is 344 g/mol. The summed E-state index contributed by atoms with van der Waals surface area (Å²) in [5.41, 5.74) is 0. The van der Waals surface area contributed by atoms with E-state index in [4.69, 9.17) is 14.2 Å². The first-order valence-electron chi connectivity index (χ1n) is 10.9. The van der Waals surface area contributed by atoms with Gasteiger partial charge in [-0.05, 0) is 50.4 Å². The van der Waals surface area contributed by atoms with E-state index in [1.165, 1.54) is 0 Å². The lowest BCUT2D eigenvalue weighted by Gasteiger charge is -2.26. The summed E-state index contributed by atoms with van der Waals surface area (Å²) < 4.78 is 16.6. The summed E-state index contributed by atoms with van der Waals surface area (Å²) in [6.07, 6.45) is 7.60. The van der Waals surface area contributed by atoms with Crippen molar-refractivity contribution in [3.63, 3.8) is 0 Å². The minimum Gasteiger partial charge on any atom is -0.465 e. The van der Waals surface area contributed by atoms with Crippen molar-refractivity contribution in [2.45, 2.75) is 91.3 Å². The zero-order valence-corrected chi connectivity index (χ0v) is 17.6. The molecule has 1 aliphatic heterocycles. The van der Waals surface area contributed by atoms with Crippen LogP contribution in [0.15, 0.2) is 0 Å². The van der Waals surface area contributed by atoms with Crippen LogP contribution in [-0.2, 0) is 23.8 Å². The van der Waals surface area contributed by atoms with Crippen LogP contribution in [0, 0.1) is 23.7 Å². The summed E-state index contributed by atoms with van der Waals surface area (Å²) in [6.45, 7) is 9.64. The molecule has 1 heterocycles. The summed E-state index contributed by atoms with van der Waals surface area (Å²) >= 11 is 0. The van der Waals surface area contributed by atoms with Gasteiger partial charge in [-0.25, -0.2) is 0 Å². The van der Waals surface area contributed by atoms with E-state index < -0.39 is 11.8 Å². The van der Waals surface area contributed by atoms with Crippen molar-refractivity contribution in [1.29, 1.82) is 0 Å². The molecule has 1 aliphatic carbocycles. The van der Waals surface area contributed by atoms with E-state index in [1.807, 2.05) is 0 Å². The van der Waals surface area contributed by atoms with Crippen LogP contribution in [0.3, 0.4) is 0 Å². The fourth-order valence-electron chi connectivity index (χ4n) is 3.88. The van der Waals surface area contributed by atoms with E-state index in [1.54, 1.807) is 0 Å². The Bertz CT molecular complexity index is 473. The number of unbranched alkanes of at least 4 members (excludes halogenated alkanes) is 2. The van der Waals surface area contributed by atoms with Gasteiger partial charge in [0.05, 0.1) is 37.3 Å². The first-order valence-corrected chi connectivity index (χ1v) is 10.9. The maximum absolute atomic E-state index is 12.6. The van der Waals surface area contributed by atoms with Gasteiger partial charge in [-0.1, -0.05) is 40.5 Å². The van der Waals surface area contributed by atoms with Gasteiger partial charge < -0.3 is 14.2 Å². The van der Waals surface area contributed by atoms with Gasteiger partial charge in [-0.15, -0.1) is 0 Å². The normalized spacial score (nSPS) is 26.7. The van der Waals surface area contributed by atoms with Crippen molar-refractivity contribution in [3.8, 4) is 0 Å². The summed E-state index contributed by atoms with van der Waals surface area (Å²) in [4.78, 5) is 25.1. The molecule has 0 aromatic heterocycles. The number of fused-ring (bicyclic) bond motifs is 1. The molecule has 0 radical (unpaired) electrons. The topological polar surface area (TPSA) is 65.1 Å². The highest BCUT2D eigenvalue weighted by molar-refractivity contribution is 5.83. The molecule has 0 aromatic carbocycles. The van der Waals surface area contributed by atoms with Gasteiger partial charge in [0, 0.05) is 0 Å². The van der Waals surface area contributed by atoms with Gasteiger partial charge in [0.2, 0.25) is 0 Å². The van der Waals surface area contributed by atoms with Crippen molar-refractivity contribution in [2.24, 2.45) is 23.7 Å². The van der Waals surface area contributed by atoms with Crippen LogP contribution in [0.1, 0.15) is 79.1 Å². The minimum atomic E-state index is -0.489. The van der Waals surface area contributed by atoms with E-state index in [0.717, 1.165) is 44.9 Å². The van der Waals surface area contributed by atoms with E-state index in [-0.39, 0.29) is 24.1 Å². The van der Waals surface area contributed by atoms with Crippen LogP contribution >= 0.6 is 0 Å². The van der Waals surface area contributed by atoms with Crippen molar-refractivity contribution in [3.05, 3.63) is 0 Å². The van der Waals surface area contributed by atoms with Crippen LogP contribution < -0.4 is 0 Å². The molecule has 4 unspecified atom stereocenters. The molecule has 156 valence electrons. The molecule has 0 spiro atoms. The Kier molecular flexibility index (Phi) is 9.07. The predicted octanol–water partition coefficient (Wildman–Crippen LogP) is 4.52. The molecule has 2 fully saturated rings. The lowest BCUT2D eigenvalue weighted by Crippen LogP contribution is -2.39. The Labute approximate surface area is 164 Å². The van der Waals surface area contributed by atoms with Crippen LogP contribution in [0.5, 0.6) is 0 Å². The van der Waals surface area contributed by atoms with E-state index in [0.29, 0.717) is 31.5 Å². The number of hydrogen-bond acceptors (Lipinski definition) is 5. The van der Waals surface area contributed by atoms with E-state index in [9.17, 15) is 9.59 Å².